The molecule has 0 fully saturated rings. The highest BCUT2D eigenvalue weighted by atomic mass is 32.2. The largest absolute Gasteiger partial charge is 0.329 e. The van der Waals surface area contributed by atoms with Crippen molar-refractivity contribution in [1.29, 1.82) is 0 Å². The molecule has 0 heterocycles. The highest BCUT2D eigenvalue weighted by Crippen LogP contribution is 2.28. The fraction of sp³-hybridized carbons (Fsp3) is 0.143. The molecule has 0 radical (unpaired) electrons. The number of sulfone groups is 1. The summed E-state index contributed by atoms with van der Waals surface area (Å²) in [6.07, 6.45) is 0. The van der Waals surface area contributed by atoms with Crippen LogP contribution in [0.25, 0.3) is 0 Å². The summed E-state index contributed by atoms with van der Waals surface area (Å²) in [6, 6.07) is 9.76. The van der Waals surface area contributed by atoms with Crippen molar-refractivity contribution in [2.45, 2.75) is 10.1 Å². The van der Waals surface area contributed by atoms with Crippen molar-refractivity contribution in [3.05, 3.63) is 65.7 Å². The van der Waals surface area contributed by atoms with Gasteiger partial charge in [-0.25, -0.2) is 17.2 Å². The molecule has 0 spiro atoms. The molecule has 0 aliphatic carbocycles. The minimum atomic E-state index is -3.80. The summed E-state index contributed by atoms with van der Waals surface area (Å²) in [6.45, 7) is -0.191. The summed E-state index contributed by atoms with van der Waals surface area (Å²) < 4.78 is 51.0. The number of halogens is 2. The van der Waals surface area contributed by atoms with Crippen molar-refractivity contribution in [3.8, 4) is 0 Å². The molecule has 2 N–H and O–H groups in total. The van der Waals surface area contributed by atoms with Crippen molar-refractivity contribution in [2.75, 3.05) is 6.54 Å². The van der Waals surface area contributed by atoms with Gasteiger partial charge < -0.3 is 5.73 Å². The molecule has 2 rings (SSSR count). The maximum absolute atomic E-state index is 13.2. The van der Waals surface area contributed by atoms with E-state index in [2.05, 4.69) is 0 Å². The van der Waals surface area contributed by atoms with Gasteiger partial charge in [-0.2, -0.15) is 0 Å². The van der Waals surface area contributed by atoms with Gasteiger partial charge in [-0.15, -0.1) is 0 Å². The van der Waals surface area contributed by atoms with Crippen LogP contribution in [-0.2, 0) is 9.84 Å². The van der Waals surface area contributed by atoms with Gasteiger partial charge in [0.25, 0.3) is 0 Å². The Labute approximate surface area is 116 Å². The molecule has 2 aromatic carbocycles. The van der Waals surface area contributed by atoms with Crippen LogP contribution < -0.4 is 5.73 Å². The molecule has 0 aliphatic rings. The molecule has 1 atom stereocenters. The quantitative estimate of drug-likeness (QED) is 0.882. The van der Waals surface area contributed by atoms with Crippen LogP contribution in [0.5, 0.6) is 0 Å². The van der Waals surface area contributed by atoms with E-state index in [1.165, 1.54) is 30.3 Å². The van der Waals surface area contributed by atoms with Crippen molar-refractivity contribution in [2.24, 2.45) is 5.73 Å². The third kappa shape index (κ3) is 2.86. The summed E-state index contributed by atoms with van der Waals surface area (Å²) in [5.41, 5.74) is 5.81. The third-order valence-corrected chi connectivity index (χ3v) is 5.09. The van der Waals surface area contributed by atoms with E-state index < -0.39 is 26.7 Å². The maximum Gasteiger partial charge on any atom is 0.186 e. The van der Waals surface area contributed by atoms with Crippen LogP contribution in [0.15, 0.2) is 53.4 Å². The lowest BCUT2D eigenvalue weighted by Gasteiger charge is -2.16. The second-order valence-corrected chi connectivity index (χ2v) is 6.41. The Morgan fingerprint density at radius 2 is 1.65 bits per heavy atom. The fourth-order valence-corrected chi connectivity index (χ4v) is 3.54. The van der Waals surface area contributed by atoms with Crippen LogP contribution in [0, 0.1) is 11.6 Å². The highest BCUT2D eigenvalue weighted by Gasteiger charge is 2.28. The van der Waals surface area contributed by atoms with Crippen molar-refractivity contribution in [3.63, 3.8) is 0 Å². The van der Waals surface area contributed by atoms with E-state index in [9.17, 15) is 17.2 Å². The first kappa shape index (κ1) is 14.6. The smallest absolute Gasteiger partial charge is 0.186 e. The Morgan fingerprint density at radius 1 is 1.00 bits per heavy atom. The lowest BCUT2D eigenvalue weighted by atomic mass is 10.1. The fourth-order valence-electron chi connectivity index (χ4n) is 1.94. The van der Waals surface area contributed by atoms with Crippen LogP contribution >= 0.6 is 0 Å². The van der Waals surface area contributed by atoms with Crippen molar-refractivity contribution in [1.82, 2.24) is 0 Å². The van der Waals surface area contributed by atoms with Gasteiger partial charge in [-0.1, -0.05) is 12.1 Å². The van der Waals surface area contributed by atoms with Crippen LogP contribution in [0.4, 0.5) is 8.78 Å². The Bertz CT molecular complexity index is 699. The summed E-state index contributed by atoms with van der Waals surface area (Å²) >= 11 is 0. The van der Waals surface area contributed by atoms with E-state index in [1.807, 2.05) is 0 Å². The van der Waals surface area contributed by atoms with E-state index in [1.54, 1.807) is 0 Å². The number of benzene rings is 2. The summed E-state index contributed by atoms with van der Waals surface area (Å²) in [4.78, 5) is -0.0430. The lowest BCUT2D eigenvalue weighted by Crippen LogP contribution is -2.22. The molecule has 0 aromatic heterocycles. The van der Waals surface area contributed by atoms with Gasteiger partial charge in [0.15, 0.2) is 9.84 Å². The average molecular weight is 297 g/mol. The lowest BCUT2D eigenvalue weighted by molar-refractivity contribution is 0.580. The zero-order valence-corrected chi connectivity index (χ0v) is 11.3. The molecular formula is C14H13F2NO2S. The summed E-state index contributed by atoms with van der Waals surface area (Å²) in [7, 11) is -3.80. The molecule has 0 saturated carbocycles. The highest BCUT2D eigenvalue weighted by molar-refractivity contribution is 7.91. The monoisotopic (exact) mass is 297 g/mol. The molecular weight excluding hydrogens is 284 g/mol. The molecule has 0 saturated heterocycles. The van der Waals surface area contributed by atoms with Gasteiger partial charge in [0.05, 0.1) is 4.90 Å². The molecule has 2 aromatic rings. The van der Waals surface area contributed by atoms with Crippen LogP contribution in [0.3, 0.4) is 0 Å². The van der Waals surface area contributed by atoms with Crippen molar-refractivity contribution < 1.29 is 17.2 Å². The van der Waals surface area contributed by atoms with E-state index in [0.717, 1.165) is 18.2 Å². The molecule has 6 heteroatoms. The SMILES string of the molecule is NC[C@H](c1cccc(F)c1)S(=O)(=O)c1ccc(F)cc1. The minimum Gasteiger partial charge on any atom is -0.329 e. The standard InChI is InChI=1S/C14H13F2NO2S/c15-11-4-6-13(7-5-11)20(18,19)14(9-17)10-2-1-3-12(16)8-10/h1-8,14H,9,17H2/t14-/m1/s1. The van der Waals surface area contributed by atoms with Gasteiger partial charge in [-0.3, -0.25) is 0 Å². The summed E-state index contributed by atoms with van der Waals surface area (Å²) in [5.74, 6) is -1.06. The van der Waals surface area contributed by atoms with E-state index in [4.69, 9.17) is 5.73 Å². The van der Waals surface area contributed by atoms with Crippen LogP contribution in [-0.4, -0.2) is 15.0 Å². The normalized spacial score (nSPS) is 13.2. The Kier molecular flexibility index (Phi) is 4.15. The first-order valence-corrected chi connectivity index (χ1v) is 7.45. The predicted octanol–water partition coefficient (Wildman–Crippen LogP) is 2.44. The number of hydrogen-bond acceptors (Lipinski definition) is 3. The minimum absolute atomic E-state index is 0.0430. The van der Waals surface area contributed by atoms with Gasteiger partial charge in [0.1, 0.15) is 16.9 Å². The molecule has 0 unspecified atom stereocenters. The zero-order chi connectivity index (χ0) is 14.8. The summed E-state index contributed by atoms with van der Waals surface area (Å²) in [5, 5.41) is -1.07. The Morgan fingerprint density at radius 3 is 2.20 bits per heavy atom. The number of rotatable bonds is 4. The molecule has 0 aliphatic heterocycles. The van der Waals surface area contributed by atoms with Crippen LogP contribution in [0.1, 0.15) is 10.8 Å². The van der Waals surface area contributed by atoms with E-state index in [-0.39, 0.29) is 17.0 Å². The first-order chi connectivity index (χ1) is 9.45. The average Bonchev–Trinajstić information content (AvgIpc) is 2.40. The molecule has 20 heavy (non-hydrogen) atoms. The van der Waals surface area contributed by atoms with Crippen molar-refractivity contribution >= 4 is 9.84 Å². The Hall–Kier alpha value is -1.79. The number of hydrogen-bond donors (Lipinski definition) is 1. The van der Waals surface area contributed by atoms with Gasteiger partial charge in [0.2, 0.25) is 0 Å². The van der Waals surface area contributed by atoms with E-state index in [0.29, 0.717) is 0 Å². The Balaban J connectivity index is 2.47. The molecule has 0 bridgehead atoms. The molecule has 106 valence electrons. The third-order valence-electron chi connectivity index (χ3n) is 2.95. The van der Waals surface area contributed by atoms with Gasteiger partial charge >= 0.3 is 0 Å². The first-order valence-electron chi connectivity index (χ1n) is 5.90. The van der Waals surface area contributed by atoms with Crippen LogP contribution in [0.2, 0.25) is 0 Å². The second-order valence-electron chi connectivity index (χ2n) is 4.28. The topological polar surface area (TPSA) is 60.2 Å². The molecule has 0 amide bonds. The predicted molar refractivity (Wildman–Crippen MR) is 71.8 cm³/mol. The number of nitrogens with two attached hydrogens (primary N) is 1. The maximum atomic E-state index is 13.2. The second kappa shape index (κ2) is 5.68. The van der Waals surface area contributed by atoms with Gasteiger partial charge in [-0.05, 0) is 42.0 Å². The van der Waals surface area contributed by atoms with Gasteiger partial charge in [0, 0.05) is 6.54 Å². The molecule has 3 nitrogen and oxygen atoms in total. The van der Waals surface area contributed by atoms with E-state index >= 15 is 0 Å². The zero-order valence-electron chi connectivity index (χ0n) is 10.5.